The molecule has 2 amide bonds. The number of carbonyl (C=O) groups is 1. The van der Waals surface area contributed by atoms with Crippen molar-refractivity contribution in [1.29, 1.82) is 0 Å². The Morgan fingerprint density at radius 1 is 1.15 bits per heavy atom. The van der Waals surface area contributed by atoms with Crippen LogP contribution in [0, 0.1) is 20.8 Å². The highest BCUT2D eigenvalue weighted by Crippen LogP contribution is 2.15. The molecule has 4 heteroatoms. The van der Waals surface area contributed by atoms with Gasteiger partial charge in [-0.2, -0.15) is 0 Å². The highest BCUT2D eigenvalue weighted by Gasteiger charge is 2.04. The number of hydrogen-bond donors (Lipinski definition) is 2. The number of anilines is 1. The summed E-state index contributed by atoms with van der Waals surface area (Å²) >= 11 is 0. The maximum absolute atomic E-state index is 11.9. The third kappa shape index (κ3) is 3.82. The first-order valence-corrected chi connectivity index (χ1v) is 6.59. The summed E-state index contributed by atoms with van der Waals surface area (Å²) in [4.78, 5) is 16.2. The molecule has 0 saturated carbocycles. The van der Waals surface area contributed by atoms with Crippen LogP contribution in [0.25, 0.3) is 0 Å². The van der Waals surface area contributed by atoms with E-state index in [0.717, 1.165) is 22.6 Å². The fourth-order valence-electron chi connectivity index (χ4n) is 1.99. The number of hydrogen-bond acceptors (Lipinski definition) is 2. The third-order valence-corrected chi connectivity index (χ3v) is 3.01. The average molecular weight is 269 g/mol. The van der Waals surface area contributed by atoms with Crippen molar-refractivity contribution in [2.75, 3.05) is 5.32 Å². The molecule has 0 aliphatic rings. The SMILES string of the molecule is Cc1ccc(NC(=O)NCc2cccc(C)n2)c(C)c1. The lowest BCUT2D eigenvalue weighted by molar-refractivity contribution is 0.251. The summed E-state index contributed by atoms with van der Waals surface area (Å²) in [5.74, 6) is 0. The molecule has 0 atom stereocenters. The first-order chi connectivity index (χ1) is 9.54. The summed E-state index contributed by atoms with van der Waals surface area (Å²) in [5, 5.41) is 5.65. The third-order valence-electron chi connectivity index (χ3n) is 3.01. The maximum atomic E-state index is 11.9. The molecule has 0 saturated heterocycles. The fraction of sp³-hybridized carbons (Fsp3) is 0.250. The predicted molar refractivity (Wildman–Crippen MR) is 80.7 cm³/mol. The van der Waals surface area contributed by atoms with Gasteiger partial charge in [0.15, 0.2) is 0 Å². The average Bonchev–Trinajstić information content (AvgIpc) is 2.40. The van der Waals surface area contributed by atoms with Crippen molar-refractivity contribution in [3.05, 3.63) is 58.9 Å². The van der Waals surface area contributed by atoms with E-state index in [2.05, 4.69) is 15.6 Å². The summed E-state index contributed by atoms with van der Waals surface area (Å²) in [6.45, 7) is 6.35. The van der Waals surface area contributed by atoms with Gasteiger partial charge in [0.25, 0.3) is 0 Å². The molecule has 0 unspecified atom stereocenters. The number of nitrogens with one attached hydrogen (secondary N) is 2. The first-order valence-electron chi connectivity index (χ1n) is 6.59. The molecule has 1 heterocycles. The van der Waals surface area contributed by atoms with Gasteiger partial charge in [0.1, 0.15) is 0 Å². The van der Waals surface area contributed by atoms with Gasteiger partial charge in [0.05, 0.1) is 12.2 Å². The number of aryl methyl sites for hydroxylation is 3. The van der Waals surface area contributed by atoms with Crippen LogP contribution in [0.1, 0.15) is 22.5 Å². The van der Waals surface area contributed by atoms with Crippen LogP contribution in [-0.4, -0.2) is 11.0 Å². The summed E-state index contributed by atoms with van der Waals surface area (Å²) in [7, 11) is 0. The van der Waals surface area contributed by atoms with E-state index in [1.54, 1.807) is 0 Å². The van der Waals surface area contributed by atoms with E-state index in [4.69, 9.17) is 0 Å². The van der Waals surface area contributed by atoms with E-state index in [9.17, 15) is 4.79 Å². The molecule has 1 aromatic carbocycles. The van der Waals surface area contributed by atoms with Crippen LogP contribution in [0.3, 0.4) is 0 Å². The predicted octanol–water partition coefficient (Wildman–Crippen LogP) is 3.33. The van der Waals surface area contributed by atoms with Crippen LogP contribution in [0.5, 0.6) is 0 Å². The largest absolute Gasteiger partial charge is 0.332 e. The lowest BCUT2D eigenvalue weighted by Gasteiger charge is -2.10. The van der Waals surface area contributed by atoms with E-state index in [1.807, 2.05) is 57.2 Å². The van der Waals surface area contributed by atoms with E-state index in [1.165, 1.54) is 5.56 Å². The van der Waals surface area contributed by atoms with Gasteiger partial charge in [0, 0.05) is 11.4 Å². The topological polar surface area (TPSA) is 54.0 Å². The number of nitrogens with zero attached hydrogens (tertiary/aromatic N) is 1. The molecule has 0 aliphatic carbocycles. The number of pyridine rings is 1. The van der Waals surface area contributed by atoms with Crippen LogP contribution in [0.2, 0.25) is 0 Å². The van der Waals surface area contributed by atoms with Gasteiger partial charge in [-0.1, -0.05) is 23.8 Å². The maximum Gasteiger partial charge on any atom is 0.319 e. The van der Waals surface area contributed by atoms with Crippen molar-refractivity contribution in [2.45, 2.75) is 27.3 Å². The Morgan fingerprint density at radius 2 is 1.95 bits per heavy atom. The van der Waals surface area contributed by atoms with Crippen LogP contribution in [-0.2, 0) is 6.54 Å². The second-order valence-electron chi connectivity index (χ2n) is 4.90. The zero-order chi connectivity index (χ0) is 14.5. The van der Waals surface area contributed by atoms with Crippen molar-refractivity contribution in [3.63, 3.8) is 0 Å². The molecule has 4 nitrogen and oxygen atoms in total. The van der Waals surface area contributed by atoms with Crippen LogP contribution >= 0.6 is 0 Å². The summed E-state index contributed by atoms with van der Waals surface area (Å²) in [6, 6.07) is 11.5. The minimum Gasteiger partial charge on any atom is -0.332 e. The summed E-state index contributed by atoms with van der Waals surface area (Å²) in [6.07, 6.45) is 0. The van der Waals surface area contributed by atoms with Gasteiger partial charge in [-0.25, -0.2) is 4.79 Å². The highest BCUT2D eigenvalue weighted by molar-refractivity contribution is 5.90. The monoisotopic (exact) mass is 269 g/mol. The molecular weight excluding hydrogens is 250 g/mol. The Bertz CT molecular complexity index is 623. The number of urea groups is 1. The summed E-state index contributed by atoms with van der Waals surface area (Å²) < 4.78 is 0. The molecule has 2 N–H and O–H groups in total. The molecule has 0 fully saturated rings. The number of rotatable bonds is 3. The van der Waals surface area contributed by atoms with Crippen molar-refractivity contribution in [3.8, 4) is 0 Å². The molecule has 0 aliphatic heterocycles. The van der Waals surface area contributed by atoms with Gasteiger partial charge >= 0.3 is 6.03 Å². The van der Waals surface area contributed by atoms with Gasteiger partial charge in [-0.3, -0.25) is 4.98 Å². The first kappa shape index (κ1) is 14.1. The number of benzene rings is 1. The van der Waals surface area contributed by atoms with Crippen LogP contribution < -0.4 is 10.6 Å². The molecular formula is C16H19N3O. The van der Waals surface area contributed by atoms with E-state index in [0.29, 0.717) is 6.54 Å². The zero-order valence-electron chi connectivity index (χ0n) is 12.0. The molecule has 20 heavy (non-hydrogen) atoms. The molecule has 1 aromatic heterocycles. The minimum atomic E-state index is -0.222. The Morgan fingerprint density at radius 3 is 2.65 bits per heavy atom. The smallest absolute Gasteiger partial charge is 0.319 e. The van der Waals surface area contributed by atoms with Crippen molar-refractivity contribution >= 4 is 11.7 Å². The molecule has 0 bridgehead atoms. The Labute approximate surface area is 119 Å². The van der Waals surface area contributed by atoms with Gasteiger partial charge in [0.2, 0.25) is 0 Å². The van der Waals surface area contributed by atoms with E-state index < -0.39 is 0 Å². The normalized spacial score (nSPS) is 10.2. The molecule has 2 rings (SSSR count). The standard InChI is InChI=1S/C16H19N3O/c1-11-7-8-15(12(2)9-11)19-16(20)17-10-14-6-4-5-13(3)18-14/h4-9H,10H2,1-3H3,(H2,17,19,20). The number of carbonyl (C=O) groups excluding carboxylic acids is 1. The highest BCUT2D eigenvalue weighted by atomic mass is 16.2. The van der Waals surface area contributed by atoms with E-state index in [-0.39, 0.29) is 6.03 Å². The van der Waals surface area contributed by atoms with Crippen molar-refractivity contribution in [2.24, 2.45) is 0 Å². The summed E-state index contributed by atoms with van der Waals surface area (Å²) in [5.41, 5.74) is 4.84. The lowest BCUT2D eigenvalue weighted by atomic mass is 10.1. The molecule has 2 aromatic rings. The Kier molecular flexibility index (Phi) is 4.35. The van der Waals surface area contributed by atoms with Crippen molar-refractivity contribution < 1.29 is 4.79 Å². The van der Waals surface area contributed by atoms with Gasteiger partial charge in [-0.15, -0.1) is 0 Å². The van der Waals surface area contributed by atoms with E-state index >= 15 is 0 Å². The van der Waals surface area contributed by atoms with Gasteiger partial charge in [-0.05, 0) is 44.5 Å². The second kappa shape index (κ2) is 6.19. The lowest BCUT2D eigenvalue weighted by Crippen LogP contribution is -2.28. The Balaban J connectivity index is 1.92. The fourth-order valence-corrected chi connectivity index (χ4v) is 1.99. The van der Waals surface area contributed by atoms with Crippen molar-refractivity contribution in [1.82, 2.24) is 10.3 Å². The minimum absolute atomic E-state index is 0.222. The van der Waals surface area contributed by atoms with Gasteiger partial charge < -0.3 is 10.6 Å². The second-order valence-corrected chi connectivity index (χ2v) is 4.90. The molecule has 0 spiro atoms. The molecule has 104 valence electrons. The molecule has 0 radical (unpaired) electrons. The zero-order valence-corrected chi connectivity index (χ0v) is 12.0. The Hall–Kier alpha value is -2.36. The van der Waals surface area contributed by atoms with Crippen LogP contribution in [0.15, 0.2) is 36.4 Å². The number of aromatic nitrogens is 1. The van der Waals surface area contributed by atoms with Crippen LogP contribution in [0.4, 0.5) is 10.5 Å². The quantitative estimate of drug-likeness (QED) is 0.898. The number of amides is 2.